The molecule has 0 aliphatic carbocycles. The van der Waals surface area contributed by atoms with Crippen LogP contribution in [0.25, 0.3) is 44.1 Å². The van der Waals surface area contributed by atoms with Gasteiger partial charge in [-0.3, -0.25) is 19.0 Å². The van der Waals surface area contributed by atoms with Gasteiger partial charge in [-0.1, -0.05) is 158 Å². The van der Waals surface area contributed by atoms with E-state index in [0.717, 1.165) is 73.9 Å². The normalized spacial score (nSPS) is 11.6. The van der Waals surface area contributed by atoms with Crippen molar-refractivity contribution >= 4 is 76.9 Å². The monoisotopic (exact) mass is 1020 g/mol. The van der Waals surface area contributed by atoms with Gasteiger partial charge in [-0.15, -0.1) is 0 Å². The van der Waals surface area contributed by atoms with Crippen LogP contribution in [0.15, 0.2) is 169 Å². The summed E-state index contributed by atoms with van der Waals surface area (Å²) in [6, 6.07) is 49.8. The van der Waals surface area contributed by atoms with E-state index in [9.17, 15) is 26.4 Å². The molecule has 0 spiro atoms. The molecular weight excluding hydrogens is 976 g/mol. The zero-order valence-corrected chi connectivity index (χ0v) is 42.3. The van der Waals surface area contributed by atoms with Gasteiger partial charge in [0.1, 0.15) is 0 Å². The fourth-order valence-electron chi connectivity index (χ4n) is 8.13. The second-order valence-corrected chi connectivity index (χ2v) is 21.3. The molecule has 0 fully saturated rings. The van der Waals surface area contributed by atoms with Crippen LogP contribution in [0.2, 0.25) is 10.0 Å². The molecule has 2 heterocycles. The first kappa shape index (κ1) is 50.3. The third kappa shape index (κ3) is 12.1. The van der Waals surface area contributed by atoms with Crippen molar-refractivity contribution in [2.75, 3.05) is 5.75 Å². The minimum atomic E-state index is -3.99. The van der Waals surface area contributed by atoms with Gasteiger partial charge in [0.25, 0.3) is 21.8 Å². The second-order valence-electron chi connectivity index (χ2n) is 17.0. The smallest absolute Gasteiger partial charge is 0.265 e. The summed E-state index contributed by atoms with van der Waals surface area (Å²) in [5.41, 5.74) is 9.52. The van der Waals surface area contributed by atoms with Gasteiger partial charge in [-0.2, -0.15) is 10.2 Å². The Morgan fingerprint density at radius 2 is 0.958 bits per heavy atom. The Kier molecular flexibility index (Phi) is 15.5. The van der Waals surface area contributed by atoms with E-state index in [1.54, 1.807) is 64.0 Å². The van der Waals surface area contributed by atoms with Gasteiger partial charge in [-0.05, 0) is 102 Å². The molecule has 71 heavy (non-hydrogen) atoms. The number of aromatic nitrogens is 4. The van der Waals surface area contributed by atoms with Crippen LogP contribution in [-0.4, -0.2) is 54.0 Å². The third-order valence-electron chi connectivity index (χ3n) is 11.9. The van der Waals surface area contributed by atoms with Crippen LogP contribution < -0.4 is 9.44 Å². The molecule has 0 radical (unpaired) electrons. The molecule has 0 saturated carbocycles. The summed E-state index contributed by atoms with van der Waals surface area (Å²) in [5.74, 6) is -1.42. The van der Waals surface area contributed by atoms with Crippen LogP contribution in [0.3, 0.4) is 0 Å². The maximum absolute atomic E-state index is 12.8. The minimum absolute atomic E-state index is 0.0221. The first-order valence-electron chi connectivity index (χ1n) is 22.9. The van der Waals surface area contributed by atoms with E-state index >= 15 is 0 Å². The number of carbonyl (C=O) groups excluding carboxylic acids is 2. The lowest BCUT2D eigenvalue weighted by Crippen LogP contribution is -2.32. The molecule has 2 N–H and O–H groups in total. The molecule has 0 aliphatic heterocycles. The van der Waals surface area contributed by atoms with E-state index in [2.05, 4.69) is 19.6 Å². The van der Waals surface area contributed by atoms with Crippen molar-refractivity contribution in [2.45, 2.75) is 58.0 Å². The summed E-state index contributed by atoms with van der Waals surface area (Å²) in [5, 5.41) is 12.3. The summed E-state index contributed by atoms with van der Waals surface area (Å²) in [4.78, 5) is 25.6. The molecule has 2 aromatic heterocycles. The predicted octanol–water partition coefficient (Wildman–Crippen LogP) is 11.8. The standard InChI is InChI=1S/C28H22ClN3O3S.C27H28ClN3O3S/c1-19-25-15-14-22(28(33)31-36(34,35)24-10-6-3-7-11-24)17-27(25)32(30-19)18-23-13-12-21(16-26(23)29)20-8-4-2-5-9-20;1-3-4-8-15-35(33,34)30-27(32)22-13-14-24-19(2)29-31(26(24)17-22)18-23-12-11-21(16-25(23)28)20-9-6-5-7-10-20/h2-17H,18H2,1H3,(H,31,33);5-7,9-14,16-17H,3-4,8,15,18H2,1-2H3,(H,30,32). The lowest BCUT2D eigenvalue weighted by molar-refractivity contribution is 0.0972. The molecule has 0 bridgehead atoms. The van der Waals surface area contributed by atoms with E-state index in [1.165, 1.54) is 12.1 Å². The van der Waals surface area contributed by atoms with Crippen LogP contribution >= 0.6 is 23.2 Å². The molecule has 9 rings (SSSR count). The number of benzene rings is 7. The zero-order chi connectivity index (χ0) is 50.3. The first-order chi connectivity index (χ1) is 34.1. The number of hydrogen-bond donors (Lipinski definition) is 2. The number of rotatable bonds is 15. The molecule has 0 unspecified atom stereocenters. The highest BCUT2D eigenvalue weighted by Gasteiger charge is 2.21. The molecule has 2 amide bonds. The van der Waals surface area contributed by atoms with Crippen LogP contribution in [0, 0.1) is 13.8 Å². The maximum atomic E-state index is 12.8. The molecule has 12 nitrogen and oxygen atoms in total. The molecular formula is C55H50Cl2N6O6S2. The minimum Gasteiger partial charge on any atom is -0.268 e. The number of amides is 2. The van der Waals surface area contributed by atoms with Gasteiger partial charge in [0.05, 0.1) is 46.2 Å². The lowest BCUT2D eigenvalue weighted by Gasteiger charge is -2.10. The highest BCUT2D eigenvalue weighted by atomic mass is 35.5. The van der Waals surface area contributed by atoms with Crippen molar-refractivity contribution in [3.8, 4) is 22.3 Å². The van der Waals surface area contributed by atoms with Crippen molar-refractivity contribution < 1.29 is 26.4 Å². The van der Waals surface area contributed by atoms with Crippen molar-refractivity contribution in [1.29, 1.82) is 0 Å². The molecule has 0 atom stereocenters. The number of hydrogen-bond acceptors (Lipinski definition) is 8. The van der Waals surface area contributed by atoms with E-state index in [-0.39, 0.29) is 21.8 Å². The first-order valence-corrected chi connectivity index (χ1v) is 26.8. The lowest BCUT2D eigenvalue weighted by atomic mass is 10.0. The number of unbranched alkanes of at least 4 members (excludes halogenated alkanes) is 2. The Hall–Kier alpha value is -7.10. The number of nitrogens with one attached hydrogen (secondary N) is 2. The number of carbonyl (C=O) groups is 2. The molecule has 362 valence electrons. The Morgan fingerprint density at radius 3 is 1.39 bits per heavy atom. The van der Waals surface area contributed by atoms with Gasteiger partial charge in [0.15, 0.2) is 0 Å². The summed E-state index contributed by atoms with van der Waals surface area (Å²) < 4.78 is 57.6. The number of fused-ring (bicyclic) bond motifs is 2. The highest BCUT2D eigenvalue weighted by molar-refractivity contribution is 7.90. The van der Waals surface area contributed by atoms with Gasteiger partial charge in [0, 0.05) is 31.9 Å². The summed E-state index contributed by atoms with van der Waals surface area (Å²) in [7, 11) is -7.67. The second kappa shape index (κ2) is 21.9. The topological polar surface area (TPSA) is 162 Å². The average Bonchev–Trinajstić information content (AvgIpc) is 3.86. The van der Waals surface area contributed by atoms with Gasteiger partial charge in [0.2, 0.25) is 10.0 Å². The molecule has 0 aliphatic rings. The molecule has 16 heteroatoms. The Bertz CT molecular complexity index is 3620. The Labute approximate surface area is 423 Å². The van der Waals surface area contributed by atoms with Crippen molar-refractivity contribution in [3.05, 3.63) is 207 Å². The summed E-state index contributed by atoms with van der Waals surface area (Å²) in [6.45, 7) is 6.59. The van der Waals surface area contributed by atoms with Crippen molar-refractivity contribution in [3.63, 3.8) is 0 Å². The number of nitrogens with zero attached hydrogens (tertiary/aromatic N) is 4. The average molecular weight is 1030 g/mol. The summed E-state index contributed by atoms with van der Waals surface area (Å²) in [6.07, 6.45) is 2.23. The van der Waals surface area contributed by atoms with Crippen LogP contribution in [0.5, 0.6) is 0 Å². The highest BCUT2D eigenvalue weighted by Crippen LogP contribution is 2.30. The number of sulfonamides is 2. The largest absolute Gasteiger partial charge is 0.268 e. The van der Waals surface area contributed by atoms with Crippen LogP contribution in [-0.2, 0) is 33.1 Å². The van der Waals surface area contributed by atoms with Gasteiger partial charge in [-0.25, -0.2) is 26.3 Å². The van der Waals surface area contributed by atoms with Crippen LogP contribution in [0.1, 0.15) is 69.4 Å². The van der Waals surface area contributed by atoms with E-state index in [1.807, 2.05) is 118 Å². The van der Waals surface area contributed by atoms with Crippen molar-refractivity contribution in [1.82, 2.24) is 29.0 Å². The molecule has 0 saturated heterocycles. The molecule has 9 aromatic rings. The predicted molar refractivity (Wildman–Crippen MR) is 283 cm³/mol. The number of halogens is 2. The van der Waals surface area contributed by atoms with Crippen LogP contribution in [0.4, 0.5) is 0 Å². The molecule has 7 aromatic carbocycles. The third-order valence-corrected chi connectivity index (χ3v) is 15.3. The van der Waals surface area contributed by atoms with E-state index in [0.29, 0.717) is 35.1 Å². The fraction of sp³-hybridized carbons (Fsp3) is 0.164. The Morgan fingerprint density at radius 1 is 0.521 bits per heavy atom. The van der Waals surface area contributed by atoms with E-state index in [4.69, 9.17) is 23.2 Å². The summed E-state index contributed by atoms with van der Waals surface area (Å²) >= 11 is 13.2. The quantitative estimate of drug-likeness (QED) is 0.0959. The van der Waals surface area contributed by atoms with Crippen molar-refractivity contribution in [2.24, 2.45) is 0 Å². The van der Waals surface area contributed by atoms with Gasteiger partial charge >= 0.3 is 0 Å². The zero-order valence-electron chi connectivity index (χ0n) is 39.1. The maximum Gasteiger partial charge on any atom is 0.265 e. The SMILES string of the molecule is CCCCCS(=O)(=O)NC(=O)c1ccc2c(C)nn(Cc3ccc(-c4ccccc4)cc3Cl)c2c1.Cc1nn(Cc2ccc(-c3ccccc3)cc2Cl)c2cc(C(=O)NS(=O)(=O)c3ccccc3)ccc12. The Balaban J connectivity index is 0.000000191. The van der Waals surface area contributed by atoms with E-state index < -0.39 is 31.9 Å². The van der Waals surface area contributed by atoms with Gasteiger partial charge < -0.3 is 0 Å². The fourth-order valence-corrected chi connectivity index (χ4v) is 10.7. The number of aryl methyl sites for hydroxylation is 2.